The monoisotopic (exact) mass is 348 g/mol. The van der Waals surface area contributed by atoms with E-state index in [0.717, 1.165) is 17.7 Å². The smallest absolute Gasteiger partial charge is 0.151 e. The van der Waals surface area contributed by atoms with Crippen LogP contribution in [-0.2, 0) is 9.84 Å². The van der Waals surface area contributed by atoms with E-state index < -0.39 is 9.84 Å². The zero-order chi connectivity index (χ0) is 14.7. The van der Waals surface area contributed by atoms with Gasteiger partial charge in [0.05, 0.1) is 11.5 Å². The predicted octanol–water partition coefficient (Wildman–Crippen LogP) is 4.97. The minimum absolute atomic E-state index is 0.00277. The van der Waals surface area contributed by atoms with E-state index >= 15 is 0 Å². The lowest BCUT2D eigenvalue weighted by Gasteiger charge is -2.38. The second kappa shape index (κ2) is 7.53. The van der Waals surface area contributed by atoms with Gasteiger partial charge >= 0.3 is 0 Å². The van der Waals surface area contributed by atoms with Crippen molar-refractivity contribution >= 4 is 28.3 Å². The van der Waals surface area contributed by atoms with Gasteiger partial charge in [-0.15, -0.1) is 11.4 Å². The molecule has 2 aliphatic carbocycles. The van der Waals surface area contributed by atoms with Gasteiger partial charge in [-0.3, -0.25) is 0 Å². The molecule has 2 nitrogen and oxygen atoms in total. The van der Waals surface area contributed by atoms with Crippen molar-refractivity contribution in [2.24, 2.45) is 0 Å². The molecule has 0 aromatic heterocycles. The van der Waals surface area contributed by atoms with Gasteiger partial charge in [-0.05, 0) is 50.5 Å². The summed E-state index contributed by atoms with van der Waals surface area (Å²) in [6, 6.07) is 0. The average molecular weight is 349 g/mol. The van der Waals surface area contributed by atoms with Crippen molar-refractivity contribution in [1.29, 1.82) is 0 Å². The Labute approximate surface area is 135 Å². The molecule has 0 aromatic rings. The van der Waals surface area contributed by atoms with Crippen LogP contribution < -0.4 is 0 Å². The molecule has 21 heavy (non-hydrogen) atoms. The lowest BCUT2D eigenvalue weighted by Crippen LogP contribution is -2.20. The van der Waals surface area contributed by atoms with E-state index in [1.807, 2.05) is 0 Å². The zero-order valence-corrected chi connectivity index (χ0v) is 15.5. The molecule has 3 rings (SSSR count). The van der Waals surface area contributed by atoms with Crippen molar-refractivity contribution < 1.29 is 8.42 Å². The van der Waals surface area contributed by atoms with E-state index in [2.05, 4.69) is 11.4 Å². The normalized spacial score (nSPS) is 31.8. The molecule has 1 heterocycles. The Morgan fingerprint density at radius 1 is 0.762 bits per heavy atom. The lowest BCUT2D eigenvalue weighted by molar-refractivity contribution is 0.488. The minimum atomic E-state index is -2.71. The molecule has 0 N–H and O–H groups in total. The Hall–Kier alpha value is 0.730. The molecule has 1 atom stereocenters. The molecule has 0 amide bonds. The minimum Gasteiger partial charge on any atom is -0.229 e. The Balaban J connectivity index is 1.65. The molecule has 5 heteroatoms. The second-order valence-corrected chi connectivity index (χ2v) is 14.3. The fourth-order valence-electron chi connectivity index (χ4n) is 4.16. The van der Waals surface area contributed by atoms with E-state index in [0.29, 0.717) is 16.8 Å². The summed E-state index contributed by atoms with van der Waals surface area (Å²) < 4.78 is 23.5. The first-order valence-electron chi connectivity index (χ1n) is 8.79. The van der Waals surface area contributed by atoms with Crippen molar-refractivity contribution in [2.75, 3.05) is 11.5 Å². The molecule has 0 aromatic carbocycles. The first-order valence-corrected chi connectivity index (χ1v) is 13.6. The highest BCUT2D eigenvalue weighted by molar-refractivity contribution is 8.56. The van der Waals surface area contributed by atoms with Crippen LogP contribution in [0.2, 0.25) is 0 Å². The number of sulfone groups is 1. The van der Waals surface area contributed by atoms with Crippen LogP contribution in [0.1, 0.15) is 70.6 Å². The summed E-state index contributed by atoms with van der Waals surface area (Å²) in [6.07, 6.45) is 15.1. The molecule has 0 bridgehead atoms. The van der Waals surface area contributed by atoms with E-state index in [1.165, 1.54) is 64.2 Å². The molecule has 2 saturated carbocycles. The highest BCUT2D eigenvalue weighted by Crippen LogP contribution is 2.66. The summed E-state index contributed by atoms with van der Waals surface area (Å²) in [7, 11) is -2.71. The lowest BCUT2D eigenvalue weighted by atomic mass is 10.00. The van der Waals surface area contributed by atoms with Gasteiger partial charge in [0, 0.05) is 5.25 Å². The van der Waals surface area contributed by atoms with E-state index in [-0.39, 0.29) is 7.12 Å². The van der Waals surface area contributed by atoms with E-state index in [4.69, 9.17) is 0 Å². The van der Waals surface area contributed by atoms with E-state index in [9.17, 15) is 8.42 Å². The summed E-state index contributed by atoms with van der Waals surface area (Å²) in [4.78, 5) is 0. The number of rotatable bonds is 4. The average Bonchev–Trinajstić information content (AvgIpc) is 2.86. The molecule has 1 unspecified atom stereocenters. The molecule has 0 spiro atoms. The summed E-state index contributed by atoms with van der Waals surface area (Å²) in [5.41, 5.74) is 1.87. The molecule has 3 aliphatic rings. The predicted molar refractivity (Wildman–Crippen MR) is 95.3 cm³/mol. The van der Waals surface area contributed by atoms with Gasteiger partial charge in [0.25, 0.3) is 0 Å². The van der Waals surface area contributed by atoms with Crippen LogP contribution in [0.25, 0.3) is 0 Å². The quantitative estimate of drug-likeness (QED) is 0.673. The van der Waals surface area contributed by atoms with Crippen LogP contribution in [0, 0.1) is 0 Å². The molecule has 0 radical (unpaired) electrons. The van der Waals surface area contributed by atoms with Crippen LogP contribution in [0.15, 0.2) is 0 Å². The fourth-order valence-corrected chi connectivity index (χ4v) is 14.2. The fraction of sp³-hybridized carbons (Fsp3) is 1.00. The van der Waals surface area contributed by atoms with Crippen molar-refractivity contribution in [3.05, 3.63) is 0 Å². The topological polar surface area (TPSA) is 34.1 Å². The van der Waals surface area contributed by atoms with Gasteiger partial charge in [-0.1, -0.05) is 38.5 Å². The van der Waals surface area contributed by atoms with Crippen LogP contribution in [0.4, 0.5) is 0 Å². The van der Waals surface area contributed by atoms with Gasteiger partial charge in [-0.2, -0.15) is 0 Å². The Morgan fingerprint density at radius 2 is 1.29 bits per heavy atom. The van der Waals surface area contributed by atoms with Gasteiger partial charge in [0.2, 0.25) is 0 Å². The highest BCUT2D eigenvalue weighted by Gasteiger charge is 2.36. The first kappa shape index (κ1) is 16.6. The summed E-state index contributed by atoms with van der Waals surface area (Å²) in [5.74, 6) is 0.916. The third-order valence-corrected chi connectivity index (χ3v) is 14.1. The van der Waals surface area contributed by atoms with Crippen molar-refractivity contribution in [2.45, 2.75) is 87.2 Å². The van der Waals surface area contributed by atoms with Crippen LogP contribution in [-0.4, -0.2) is 36.5 Å². The largest absolute Gasteiger partial charge is 0.229 e. The summed E-state index contributed by atoms with van der Waals surface area (Å²) in [5, 5.41) is 0.421. The maximum absolute atomic E-state index is 11.8. The van der Waals surface area contributed by atoms with E-state index in [1.54, 1.807) is 0 Å². The molecule has 3 fully saturated rings. The molecular formula is C16H29O2PS2. The van der Waals surface area contributed by atoms with Gasteiger partial charge < -0.3 is 0 Å². The van der Waals surface area contributed by atoms with Crippen LogP contribution in [0.3, 0.4) is 0 Å². The standard InChI is InChI=1S/C16H29O2PS2/c17-21(18)12-11-16(13-21)20-19(14-7-3-1-4-8-14)15-9-5-2-6-10-15/h14-16H,1-13H2. The van der Waals surface area contributed by atoms with Crippen molar-refractivity contribution in [1.82, 2.24) is 0 Å². The summed E-state index contributed by atoms with van der Waals surface area (Å²) >= 11 is 2.15. The number of hydrogen-bond donors (Lipinski definition) is 0. The Morgan fingerprint density at radius 3 is 1.71 bits per heavy atom. The second-order valence-electron chi connectivity index (χ2n) is 7.07. The maximum Gasteiger partial charge on any atom is 0.151 e. The van der Waals surface area contributed by atoms with Crippen LogP contribution in [0.5, 0.6) is 0 Å². The SMILES string of the molecule is O=S1(=O)CCC(SP(C2CCCCC2)C2CCCCC2)C1. The number of hydrogen-bond acceptors (Lipinski definition) is 3. The third-order valence-electron chi connectivity index (χ3n) is 5.33. The van der Waals surface area contributed by atoms with Crippen molar-refractivity contribution in [3.63, 3.8) is 0 Å². The first-order chi connectivity index (χ1) is 10.1. The van der Waals surface area contributed by atoms with Crippen LogP contribution >= 0.6 is 18.5 Å². The molecule has 1 saturated heterocycles. The van der Waals surface area contributed by atoms with Crippen molar-refractivity contribution in [3.8, 4) is 0 Å². The molecule has 1 aliphatic heterocycles. The van der Waals surface area contributed by atoms with Gasteiger partial charge in [0.1, 0.15) is 0 Å². The van der Waals surface area contributed by atoms with Gasteiger partial charge in [-0.25, -0.2) is 8.42 Å². The molecular weight excluding hydrogens is 319 g/mol. The Bertz CT molecular complexity index is 408. The third kappa shape index (κ3) is 4.61. The molecule has 122 valence electrons. The Kier molecular flexibility index (Phi) is 5.95. The summed E-state index contributed by atoms with van der Waals surface area (Å²) in [6.45, 7) is 0. The zero-order valence-electron chi connectivity index (χ0n) is 13.0. The maximum atomic E-state index is 11.8. The van der Waals surface area contributed by atoms with Gasteiger partial charge in [0.15, 0.2) is 9.84 Å². The highest BCUT2D eigenvalue weighted by atomic mass is 32.7.